The molecule has 0 radical (unpaired) electrons. The number of aliphatic hydroxyl groups is 1. The summed E-state index contributed by atoms with van der Waals surface area (Å²) in [4.78, 5) is 0. The fourth-order valence-corrected chi connectivity index (χ4v) is 4.19. The number of hydrogen-bond donors (Lipinski definition) is 2. The smallest absolute Gasteiger partial charge is 0.0676 e. The Bertz CT molecular complexity index is 491. The maximum atomic E-state index is 10.1. The Morgan fingerprint density at radius 2 is 2.00 bits per heavy atom. The van der Waals surface area contributed by atoms with E-state index in [0.717, 1.165) is 32.3 Å². The van der Waals surface area contributed by atoms with E-state index in [0.29, 0.717) is 6.42 Å². The molecule has 1 aromatic rings. The van der Waals surface area contributed by atoms with Crippen molar-refractivity contribution in [3.63, 3.8) is 0 Å². The van der Waals surface area contributed by atoms with Gasteiger partial charge < -0.3 is 20.3 Å². The van der Waals surface area contributed by atoms with E-state index in [9.17, 15) is 5.11 Å². The van der Waals surface area contributed by atoms with Crippen LogP contribution in [-0.2, 0) is 15.9 Å². The quantitative estimate of drug-likeness (QED) is 0.672. The number of hydrogen-bond acceptors (Lipinski definition) is 4. The Kier molecular flexibility index (Phi) is 7.88. The molecule has 3 N–H and O–H groups in total. The highest BCUT2D eigenvalue weighted by Gasteiger charge is 2.45. The zero-order chi connectivity index (χ0) is 18.3. The van der Waals surface area contributed by atoms with Crippen LogP contribution in [0.1, 0.15) is 45.1 Å². The second-order valence-corrected chi connectivity index (χ2v) is 7.97. The molecule has 1 aliphatic rings. The van der Waals surface area contributed by atoms with Crippen molar-refractivity contribution < 1.29 is 14.6 Å². The van der Waals surface area contributed by atoms with E-state index in [4.69, 9.17) is 15.2 Å². The van der Waals surface area contributed by atoms with Gasteiger partial charge in [-0.3, -0.25) is 0 Å². The maximum absolute atomic E-state index is 10.1. The Labute approximate surface area is 152 Å². The number of nitrogens with two attached hydrogens (primary N) is 1. The van der Waals surface area contributed by atoms with Crippen LogP contribution in [0.3, 0.4) is 0 Å². The molecule has 4 heteroatoms. The van der Waals surface area contributed by atoms with Crippen LogP contribution in [0.15, 0.2) is 30.3 Å². The minimum Gasteiger partial charge on any atom is -0.392 e. The first-order valence-electron chi connectivity index (χ1n) is 9.54. The van der Waals surface area contributed by atoms with Gasteiger partial charge in [-0.1, -0.05) is 44.2 Å². The molecule has 0 bridgehead atoms. The van der Waals surface area contributed by atoms with Gasteiger partial charge in [-0.25, -0.2) is 0 Å². The zero-order valence-corrected chi connectivity index (χ0v) is 16.0. The lowest BCUT2D eigenvalue weighted by atomic mass is 9.66. The minimum atomic E-state index is -0.494. The molecular formula is C21H35NO3. The summed E-state index contributed by atoms with van der Waals surface area (Å²) in [6.45, 7) is 5.52. The van der Waals surface area contributed by atoms with Gasteiger partial charge in [0.15, 0.2) is 0 Å². The van der Waals surface area contributed by atoms with Crippen LogP contribution in [0, 0.1) is 11.3 Å². The second kappa shape index (κ2) is 9.67. The summed E-state index contributed by atoms with van der Waals surface area (Å²) in [6.07, 6.45) is 4.49. The summed E-state index contributed by atoms with van der Waals surface area (Å²) in [6, 6.07) is 10.5. The Morgan fingerprint density at radius 3 is 2.64 bits per heavy atom. The first-order chi connectivity index (χ1) is 12.0. The van der Waals surface area contributed by atoms with E-state index < -0.39 is 6.10 Å². The first kappa shape index (κ1) is 20.4. The summed E-state index contributed by atoms with van der Waals surface area (Å²) in [5.74, 6) is 0.184. The second-order valence-electron chi connectivity index (χ2n) is 7.97. The molecule has 0 amide bonds. The summed E-state index contributed by atoms with van der Waals surface area (Å²) in [5, 5.41) is 10.1. The predicted octanol–water partition coefficient (Wildman–Crippen LogP) is 3.17. The Morgan fingerprint density at radius 1 is 1.28 bits per heavy atom. The normalized spacial score (nSPS) is 27.2. The number of methoxy groups -OCH3 is 1. The van der Waals surface area contributed by atoms with Crippen LogP contribution in [0.4, 0.5) is 0 Å². The number of aliphatic hydroxyl groups excluding tert-OH is 1. The third kappa shape index (κ3) is 5.78. The lowest BCUT2D eigenvalue weighted by Crippen LogP contribution is -2.50. The van der Waals surface area contributed by atoms with Gasteiger partial charge in [-0.2, -0.15) is 0 Å². The van der Waals surface area contributed by atoms with Crippen molar-refractivity contribution in [1.29, 1.82) is 0 Å². The molecule has 2 rings (SSSR count). The molecule has 0 spiro atoms. The molecule has 0 aromatic heterocycles. The molecule has 4 nitrogen and oxygen atoms in total. The van der Waals surface area contributed by atoms with Crippen LogP contribution in [-0.4, -0.2) is 43.7 Å². The molecule has 4 atom stereocenters. The Hall–Kier alpha value is -0.940. The van der Waals surface area contributed by atoms with Crippen molar-refractivity contribution in [3.8, 4) is 0 Å². The Balaban J connectivity index is 1.91. The zero-order valence-electron chi connectivity index (χ0n) is 16.0. The highest BCUT2D eigenvalue weighted by Crippen LogP contribution is 2.43. The highest BCUT2D eigenvalue weighted by molar-refractivity contribution is 5.14. The average molecular weight is 350 g/mol. The fourth-order valence-electron chi connectivity index (χ4n) is 4.19. The molecule has 1 saturated carbocycles. The molecule has 1 aromatic carbocycles. The molecule has 1 fully saturated rings. The lowest BCUT2D eigenvalue weighted by Gasteiger charge is -2.47. The van der Waals surface area contributed by atoms with E-state index in [-0.39, 0.29) is 30.1 Å². The maximum Gasteiger partial charge on any atom is 0.0676 e. The fraction of sp³-hybridized carbons (Fsp3) is 0.714. The first-order valence-corrected chi connectivity index (χ1v) is 9.54. The van der Waals surface area contributed by atoms with Gasteiger partial charge in [0.05, 0.1) is 18.3 Å². The summed E-state index contributed by atoms with van der Waals surface area (Å²) < 4.78 is 12.1. The highest BCUT2D eigenvalue weighted by atomic mass is 16.5. The van der Waals surface area contributed by atoms with Crippen LogP contribution < -0.4 is 5.73 Å². The van der Waals surface area contributed by atoms with Crippen molar-refractivity contribution in [1.82, 2.24) is 0 Å². The van der Waals surface area contributed by atoms with Crippen molar-refractivity contribution in [3.05, 3.63) is 35.9 Å². The third-order valence-corrected chi connectivity index (χ3v) is 5.56. The van der Waals surface area contributed by atoms with E-state index in [1.807, 2.05) is 6.07 Å². The number of aryl methyl sites for hydroxylation is 1. The average Bonchev–Trinajstić information content (AvgIpc) is 2.61. The van der Waals surface area contributed by atoms with Crippen molar-refractivity contribution in [2.24, 2.45) is 17.1 Å². The van der Waals surface area contributed by atoms with Crippen LogP contribution >= 0.6 is 0 Å². The van der Waals surface area contributed by atoms with Gasteiger partial charge in [0.1, 0.15) is 0 Å². The summed E-state index contributed by atoms with van der Waals surface area (Å²) in [5.41, 5.74) is 7.09. The molecule has 0 heterocycles. The lowest BCUT2D eigenvalue weighted by molar-refractivity contribution is -0.140. The van der Waals surface area contributed by atoms with Gasteiger partial charge in [0.2, 0.25) is 0 Å². The SMILES string of the molecule is CO[C@@H]1[C@H](CC(O)CN)[C@H](OCCCc2ccccc2)CCC1(C)C. The molecule has 25 heavy (non-hydrogen) atoms. The molecule has 0 saturated heterocycles. The van der Waals surface area contributed by atoms with E-state index in [1.165, 1.54) is 5.56 Å². The van der Waals surface area contributed by atoms with Crippen molar-refractivity contribution in [2.45, 2.75) is 64.3 Å². The van der Waals surface area contributed by atoms with Crippen LogP contribution in [0.2, 0.25) is 0 Å². The van der Waals surface area contributed by atoms with Crippen LogP contribution in [0.5, 0.6) is 0 Å². The van der Waals surface area contributed by atoms with Gasteiger partial charge >= 0.3 is 0 Å². The van der Waals surface area contributed by atoms with E-state index in [2.05, 4.69) is 38.1 Å². The summed E-state index contributed by atoms with van der Waals surface area (Å²) >= 11 is 0. The van der Waals surface area contributed by atoms with E-state index >= 15 is 0 Å². The molecular weight excluding hydrogens is 314 g/mol. The topological polar surface area (TPSA) is 64.7 Å². The molecule has 142 valence electrons. The summed E-state index contributed by atoms with van der Waals surface area (Å²) in [7, 11) is 1.77. The standard InChI is InChI=1S/C21H35NO3/c1-21(2)12-11-19(18(20(21)24-3)14-17(23)15-22)25-13-7-10-16-8-5-4-6-9-16/h4-6,8-9,17-20,23H,7,10-15,22H2,1-3H3/t17?,18-,19-,20-/m1/s1. The molecule has 1 unspecified atom stereocenters. The van der Waals surface area contributed by atoms with Gasteiger partial charge in [0.25, 0.3) is 0 Å². The molecule has 1 aliphatic carbocycles. The van der Waals surface area contributed by atoms with Crippen molar-refractivity contribution >= 4 is 0 Å². The van der Waals surface area contributed by atoms with Gasteiger partial charge in [-0.05, 0) is 43.1 Å². The number of benzene rings is 1. The minimum absolute atomic E-state index is 0.0848. The third-order valence-electron chi connectivity index (χ3n) is 5.56. The monoisotopic (exact) mass is 349 g/mol. The van der Waals surface area contributed by atoms with E-state index in [1.54, 1.807) is 7.11 Å². The largest absolute Gasteiger partial charge is 0.392 e. The van der Waals surface area contributed by atoms with Gasteiger partial charge in [0, 0.05) is 26.2 Å². The van der Waals surface area contributed by atoms with Crippen LogP contribution in [0.25, 0.3) is 0 Å². The predicted molar refractivity (Wildman–Crippen MR) is 101 cm³/mol. The molecule has 0 aliphatic heterocycles. The number of ether oxygens (including phenoxy) is 2. The van der Waals surface area contributed by atoms with Gasteiger partial charge in [-0.15, -0.1) is 0 Å². The van der Waals surface area contributed by atoms with Crippen molar-refractivity contribution in [2.75, 3.05) is 20.3 Å². The number of rotatable bonds is 9.